The lowest BCUT2D eigenvalue weighted by Crippen LogP contribution is -2.41. The molecule has 1 aliphatic carbocycles. The molecule has 4 rings (SSSR count). The van der Waals surface area contributed by atoms with Gasteiger partial charge in [-0.3, -0.25) is 0 Å². The number of nitrogens with one attached hydrogen (secondary N) is 1. The molecule has 31 heavy (non-hydrogen) atoms. The summed E-state index contributed by atoms with van der Waals surface area (Å²) in [7, 11) is 0. The molecule has 160 valence electrons. The van der Waals surface area contributed by atoms with E-state index < -0.39 is 18.1 Å². The first kappa shape index (κ1) is 20.5. The van der Waals surface area contributed by atoms with Gasteiger partial charge in [-0.25, -0.2) is 14.6 Å². The molecular formula is C23H24N4O4. The predicted octanol–water partition coefficient (Wildman–Crippen LogP) is 3.24. The average molecular weight is 420 g/mol. The van der Waals surface area contributed by atoms with Crippen molar-refractivity contribution in [2.24, 2.45) is 0 Å². The Balaban J connectivity index is 1.34. The molecule has 0 bridgehead atoms. The number of hydrogen-bond acceptors (Lipinski definition) is 5. The van der Waals surface area contributed by atoms with Crippen LogP contribution in [-0.4, -0.2) is 39.4 Å². The molecule has 3 aromatic rings. The Hall–Kier alpha value is -3.81. The molecule has 0 fully saturated rings. The third-order valence-corrected chi connectivity index (χ3v) is 5.57. The fourth-order valence-corrected chi connectivity index (χ4v) is 4.04. The van der Waals surface area contributed by atoms with E-state index in [0.717, 1.165) is 22.3 Å². The molecule has 0 saturated heterocycles. The lowest BCUT2D eigenvalue weighted by atomic mass is 9.98. The molecular weight excluding hydrogens is 396 g/mol. The van der Waals surface area contributed by atoms with Gasteiger partial charge in [-0.2, -0.15) is 0 Å². The highest BCUT2D eigenvalue weighted by atomic mass is 16.5. The highest BCUT2D eigenvalue weighted by molar-refractivity contribution is 5.81. The molecule has 1 aromatic heterocycles. The summed E-state index contributed by atoms with van der Waals surface area (Å²) in [5.74, 6) is -0.811. The van der Waals surface area contributed by atoms with Crippen LogP contribution in [0.15, 0.2) is 60.9 Å². The summed E-state index contributed by atoms with van der Waals surface area (Å²) in [5.41, 5.74) is 10.2. The third-order valence-electron chi connectivity index (χ3n) is 5.57. The van der Waals surface area contributed by atoms with Gasteiger partial charge in [-0.1, -0.05) is 48.5 Å². The summed E-state index contributed by atoms with van der Waals surface area (Å²) in [6.45, 7) is 0.653. The maximum absolute atomic E-state index is 12.4. The first-order chi connectivity index (χ1) is 15.0. The minimum Gasteiger partial charge on any atom is -0.480 e. The number of imidazole rings is 1. The molecule has 1 amide bonds. The first-order valence-electron chi connectivity index (χ1n) is 10.2. The fourth-order valence-electron chi connectivity index (χ4n) is 4.04. The minimum atomic E-state index is -1.10. The molecule has 0 radical (unpaired) electrons. The van der Waals surface area contributed by atoms with Crippen molar-refractivity contribution in [3.05, 3.63) is 72.1 Å². The number of fused-ring (bicyclic) bond motifs is 3. The van der Waals surface area contributed by atoms with Gasteiger partial charge in [-0.15, -0.1) is 0 Å². The van der Waals surface area contributed by atoms with Gasteiger partial charge < -0.3 is 25.5 Å². The van der Waals surface area contributed by atoms with E-state index >= 15 is 0 Å². The van der Waals surface area contributed by atoms with Gasteiger partial charge in [0.15, 0.2) is 5.95 Å². The van der Waals surface area contributed by atoms with Crippen LogP contribution in [0, 0.1) is 0 Å². The number of nitrogens with two attached hydrogens (primary N) is 1. The second-order valence-corrected chi connectivity index (χ2v) is 7.48. The van der Waals surface area contributed by atoms with Crippen LogP contribution in [-0.2, 0) is 16.1 Å². The number of ether oxygens (including phenoxy) is 1. The number of nitrogens with zero attached hydrogens (tertiary/aromatic N) is 2. The maximum Gasteiger partial charge on any atom is 0.407 e. The zero-order chi connectivity index (χ0) is 21.8. The molecule has 4 N–H and O–H groups in total. The van der Waals surface area contributed by atoms with Crippen molar-refractivity contribution in [2.45, 2.75) is 31.3 Å². The molecule has 0 saturated carbocycles. The van der Waals surface area contributed by atoms with E-state index in [4.69, 9.17) is 10.5 Å². The van der Waals surface area contributed by atoms with Crippen LogP contribution < -0.4 is 11.1 Å². The topological polar surface area (TPSA) is 119 Å². The highest BCUT2D eigenvalue weighted by Gasteiger charge is 2.29. The van der Waals surface area contributed by atoms with E-state index in [1.54, 1.807) is 17.0 Å². The predicted molar refractivity (Wildman–Crippen MR) is 116 cm³/mol. The van der Waals surface area contributed by atoms with Crippen LogP contribution in [0.1, 0.15) is 29.9 Å². The molecule has 0 aliphatic heterocycles. The van der Waals surface area contributed by atoms with Gasteiger partial charge in [0, 0.05) is 24.9 Å². The molecule has 2 aromatic carbocycles. The second kappa shape index (κ2) is 8.91. The number of aromatic nitrogens is 2. The van der Waals surface area contributed by atoms with Gasteiger partial charge in [0.25, 0.3) is 0 Å². The Bertz CT molecular complexity index is 1050. The second-order valence-electron chi connectivity index (χ2n) is 7.48. The Morgan fingerprint density at radius 3 is 2.35 bits per heavy atom. The number of carbonyl (C=O) groups excluding carboxylic acids is 1. The number of carboxylic acids is 1. The van der Waals surface area contributed by atoms with Gasteiger partial charge in [0.05, 0.1) is 0 Å². The average Bonchev–Trinajstić information content (AvgIpc) is 3.32. The van der Waals surface area contributed by atoms with Gasteiger partial charge in [0.1, 0.15) is 12.6 Å². The van der Waals surface area contributed by atoms with E-state index in [-0.39, 0.29) is 18.9 Å². The Kier molecular flexibility index (Phi) is 5.88. The first-order valence-corrected chi connectivity index (χ1v) is 10.2. The van der Waals surface area contributed by atoms with Crippen molar-refractivity contribution in [1.82, 2.24) is 14.9 Å². The van der Waals surface area contributed by atoms with Crippen molar-refractivity contribution in [1.29, 1.82) is 0 Å². The van der Waals surface area contributed by atoms with Crippen LogP contribution >= 0.6 is 0 Å². The largest absolute Gasteiger partial charge is 0.480 e. The maximum atomic E-state index is 12.4. The smallest absolute Gasteiger partial charge is 0.407 e. The minimum absolute atomic E-state index is 0.0781. The van der Waals surface area contributed by atoms with E-state index in [1.165, 1.54) is 0 Å². The molecule has 1 unspecified atom stereocenters. The number of amides is 1. The number of hydrogen-bond donors (Lipinski definition) is 3. The van der Waals surface area contributed by atoms with Crippen LogP contribution in [0.25, 0.3) is 11.1 Å². The summed E-state index contributed by atoms with van der Waals surface area (Å²) < 4.78 is 7.17. The number of alkyl carbamates (subject to hydrolysis) is 1. The number of aryl methyl sites for hydroxylation is 1. The molecule has 8 nitrogen and oxygen atoms in total. The normalized spacial score (nSPS) is 13.3. The van der Waals surface area contributed by atoms with Crippen LogP contribution in [0.4, 0.5) is 10.7 Å². The van der Waals surface area contributed by atoms with Crippen LogP contribution in [0.5, 0.6) is 0 Å². The molecule has 0 spiro atoms. The van der Waals surface area contributed by atoms with Gasteiger partial charge >= 0.3 is 12.1 Å². The lowest BCUT2D eigenvalue weighted by molar-refractivity contribution is -0.139. The molecule has 1 aliphatic rings. The van der Waals surface area contributed by atoms with E-state index in [9.17, 15) is 14.7 Å². The number of anilines is 1. The van der Waals surface area contributed by atoms with Gasteiger partial charge in [0.2, 0.25) is 0 Å². The van der Waals surface area contributed by atoms with Gasteiger partial charge in [-0.05, 0) is 35.1 Å². The Morgan fingerprint density at radius 1 is 1.13 bits per heavy atom. The number of rotatable bonds is 8. The van der Waals surface area contributed by atoms with Crippen molar-refractivity contribution in [2.75, 3.05) is 12.3 Å². The summed E-state index contributed by atoms with van der Waals surface area (Å²) in [6, 6.07) is 15.0. The monoisotopic (exact) mass is 420 g/mol. The van der Waals surface area contributed by atoms with E-state index in [1.807, 2.05) is 36.4 Å². The van der Waals surface area contributed by atoms with Crippen molar-refractivity contribution in [3.8, 4) is 11.1 Å². The van der Waals surface area contributed by atoms with Crippen molar-refractivity contribution >= 4 is 18.0 Å². The quantitative estimate of drug-likeness (QED) is 0.515. The molecule has 1 heterocycles. The summed E-state index contributed by atoms with van der Waals surface area (Å²) in [6.07, 6.45) is 3.33. The fraction of sp³-hybridized carbons (Fsp3) is 0.261. The summed E-state index contributed by atoms with van der Waals surface area (Å²) in [5, 5.41) is 11.9. The molecule has 1 atom stereocenters. The zero-order valence-electron chi connectivity index (χ0n) is 16.9. The summed E-state index contributed by atoms with van der Waals surface area (Å²) >= 11 is 0. The third kappa shape index (κ3) is 4.37. The number of benzene rings is 2. The Labute approximate surface area is 179 Å². The number of nitrogen functional groups attached to an aromatic ring is 1. The highest BCUT2D eigenvalue weighted by Crippen LogP contribution is 2.44. The number of carboxylic acid groups (broad SMARTS) is 1. The van der Waals surface area contributed by atoms with Crippen molar-refractivity contribution in [3.63, 3.8) is 0 Å². The summed E-state index contributed by atoms with van der Waals surface area (Å²) in [4.78, 5) is 27.8. The number of aliphatic carboxylic acids is 1. The van der Waals surface area contributed by atoms with E-state index in [0.29, 0.717) is 18.9 Å². The number of carbonyl (C=O) groups is 2. The van der Waals surface area contributed by atoms with Crippen LogP contribution in [0.2, 0.25) is 0 Å². The van der Waals surface area contributed by atoms with Crippen molar-refractivity contribution < 1.29 is 19.4 Å². The van der Waals surface area contributed by atoms with E-state index in [2.05, 4.69) is 22.4 Å². The lowest BCUT2D eigenvalue weighted by Gasteiger charge is -2.17. The Morgan fingerprint density at radius 2 is 1.77 bits per heavy atom. The SMILES string of the molecule is Nc1nccn1CCCC(NC(=O)OCC1c2ccccc2-c2ccccc21)C(=O)O. The standard InChI is InChI=1S/C23H24N4O4/c24-22-25-11-13-27(22)12-5-10-20(21(28)29)26-23(30)31-14-19-17-8-3-1-6-15(17)16-7-2-4-9-18(16)19/h1-4,6-9,11,13,19-20H,5,10,12,14H2,(H2,24,25)(H,26,30)(H,28,29). The molecule has 8 heteroatoms. The van der Waals surface area contributed by atoms with Crippen LogP contribution in [0.3, 0.4) is 0 Å². The zero-order valence-corrected chi connectivity index (χ0v) is 16.9.